The van der Waals surface area contributed by atoms with Gasteiger partial charge in [-0.25, -0.2) is 4.79 Å². The predicted molar refractivity (Wildman–Crippen MR) is 112 cm³/mol. The minimum absolute atomic E-state index is 0.260. The van der Waals surface area contributed by atoms with Crippen LogP contribution in [0.5, 0.6) is 0 Å². The van der Waals surface area contributed by atoms with Crippen molar-refractivity contribution in [1.82, 2.24) is 9.30 Å². The lowest BCUT2D eigenvalue weighted by Gasteiger charge is -2.11. The molecule has 28 heavy (non-hydrogen) atoms. The van der Waals surface area contributed by atoms with Crippen molar-refractivity contribution < 1.29 is 9.63 Å². The second-order valence-electron chi connectivity index (χ2n) is 6.68. The van der Waals surface area contributed by atoms with Gasteiger partial charge in [-0.2, -0.15) is 4.73 Å². The Morgan fingerprint density at radius 2 is 1.75 bits per heavy atom. The van der Waals surface area contributed by atoms with Crippen LogP contribution in [0.1, 0.15) is 12.5 Å². The highest BCUT2D eigenvalue weighted by Gasteiger charge is 2.20. The van der Waals surface area contributed by atoms with Crippen LogP contribution >= 0.6 is 23.2 Å². The Bertz CT molecular complexity index is 1340. The maximum Gasteiger partial charge on any atom is 0.329 e. The van der Waals surface area contributed by atoms with Crippen molar-refractivity contribution in [2.75, 3.05) is 0 Å². The third-order valence-corrected chi connectivity index (χ3v) is 5.22. The van der Waals surface area contributed by atoms with Gasteiger partial charge in [-0.05, 0) is 37.3 Å². The molecule has 0 bridgehead atoms. The highest BCUT2D eigenvalue weighted by molar-refractivity contribution is 6.36. The topological polar surface area (TPSA) is 53.2 Å². The smallest absolute Gasteiger partial charge is 0.329 e. The molecule has 0 aliphatic heterocycles. The molecule has 0 spiro atoms. The number of aromatic nitrogens is 2. The van der Waals surface area contributed by atoms with Crippen LogP contribution in [0.4, 0.5) is 0 Å². The number of fused-ring (bicyclic) bond motifs is 3. The van der Waals surface area contributed by atoms with Gasteiger partial charge in [-0.15, -0.1) is 0 Å². The van der Waals surface area contributed by atoms with Crippen LogP contribution in [0.2, 0.25) is 10.0 Å². The molecule has 2 aromatic carbocycles. The number of carbonyl (C=O) groups excluding carboxylic acids is 1. The first-order chi connectivity index (χ1) is 13.3. The zero-order valence-electron chi connectivity index (χ0n) is 15.4. The van der Waals surface area contributed by atoms with E-state index in [9.17, 15) is 9.59 Å². The van der Waals surface area contributed by atoms with E-state index in [0.717, 1.165) is 16.3 Å². The van der Waals surface area contributed by atoms with Crippen molar-refractivity contribution in [2.24, 2.45) is 7.05 Å². The SMILES string of the molecule is CC(=O)On1c2ccc(C)cc2c2cc(-c3ccc(Cl)cc3Cl)c(=O)n(C)c21. The lowest BCUT2D eigenvalue weighted by atomic mass is 10.0. The third kappa shape index (κ3) is 2.87. The molecule has 142 valence electrons. The fourth-order valence-corrected chi connectivity index (χ4v) is 3.96. The van der Waals surface area contributed by atoms with E-state index in [4.69, 9.17) is 28.0 Å². The summed E-state index contributed by atoms with van der Waals surface area (Å²) in [5.41, 5.74) is 3.02. The standard InChI is InChI=1S/C21H16Cl2N2O3/c1-11-4-7-19-15(8-11)16-10-17(14-6-5-13(22)9-18(14)23)21(27)24(3)20(16)25(19)28-12(2)26/h4-10H,1-3H3. The molecule has 0 saturated carbocycles. The van der Waals surface area contributed by atoms with Gasteiger partial charge >= 0.3 is 5.97 Å². The molecule has 0 atom stereocenters. The number of rotatable bonds is 2. The lowest BCUT2D eigenvalue weighted by Crippen LogP contribution is -2.24. The largest absolute Gasteiger partial charge is 0.335 e. The first kappa shape index (κ1) is 18.6. The first-order valence-electron chi connectivity index (χ1n) is 8.57. The van der Waals surface area contributed by atoms with Crippen molar-refractivity contribution in [3.05, 3.63) is 68.4 Å². The second kappa shape index (κ2) is 6.69. The van der Waals surface area contributed by atoms with Gasteiger partial charge in [0.1, 0.15) is 0 Å². The van der Waals surface area contributed by atoms with E-state index in [1.807, 2.05) is 25.1 Å². The maximum absolute atomic E-state index is 13.1. The monoisotopic (exact) mass is 414 g/mol. The van der Waals surface area contributed by atoms with Crippen molar-refractivity contribution in [3.63, 3.8) is 0 Å². The fourth-order valence-electron chi connectivity index (χ4n) is 3.45. The van der Waals surface area contributed by atoms with Crippen molar-refractivity contribution in [3.8, 4) is 11.1 Å². The van der Waals surface area contributed by atoms with Crippen LogP contribution in [0.3, 0.4) is 0 Å². The highest BCUT2D eigenvalue weighted by atomic mass is 35.5. The van der Waals surface area contributed by atoms with E-state index in [2.05, 4.69) is 0 Å². The summed E-state index contributed by atoms with van der Waals surface area (Å²) in [6.45, 7) is 3.30. The molecular weight excluding hydrogens is 399 g/mol. The minimum Gasteiger partial charge on any atom is -0.335 e. The minimum atomic E-state index is -0.475. The zero-order chi connectivity index (χ0) is 20.2. The van der Waals surface area contributed by atoms with Gasteiger partial charge in [0.15, 0.2) is 5.65 Å². The van der Waals surface area contributed by atoms with Gasteiger partial charge in [-0.1, -0.05) is 40.9 Å². The first-order valence-corrected chi connectivity index (χ1v) is 9.32. The van der Waals surface area contributed by atoms with Crippen LogP contribution in [-0.4, -0.2) is 15.3 Å². The molecule has 0 N–H and O–H groups in total. The summed E-state index contributed by atoms with van der Waals surface area (Å²) in [5, 5.41) is 2.54. The van der Waals surface area contributed by atoms with Crippen LogP contribution < -0.4 is 10.4 Å². The van der Waals surface area contributed by atoms with Gasteiger partial charge < -0.3 is 4.84 Å². The Labute approximate surface area is 170 Å². The summed E-state index contributed by atoms with van der Waals surface area (Å²) in [5.74, 6) is -0.475. The Kier molecular flexibility index (Phi) is 4.44. The molecule has 0 aliphatic carbocycles. The van der Waals surface area contributed by atoms with Gasteiger partial charge in [0.05, 0.1) is 10.5 Å². The number of hydrogen-bond acceptors (Lipinski definition) is 3. The average molecular weight is 415 g/mol. The van der Waals surface area contributed by atoms with Crippen molar-refractivity contribution in [1.29, 1.82) is 0 Å². The number of aryl methyl sites for hydroxylation is 2. The zero-order valence-corrected chi connectivity index (χ0v) is 16.9. The number of pyridine rings is 1. The van der Waals surface area contributed by atoms with Crippen molar-refractivity contribution >= 4 is 51.1 Å². The Hall–Kier alpha value is -2.76. The summed E-state index contributed by atoms with van der Waals surface area (Å²) < 4.78 is 2.87. The summed E-state index contributed by atoms with van der Waals surface area (Å²) in [6.07, 6.45) is 0. The van der Waals surface area contributed by atoms with Gasteiger partial charge in [0, 0.05) is 40.9 Å². The fraction of sp³-hybridized carbons (Fsp3) is 0.143. The Morgan fingerprint density at radius 3 is 2.43 bits per heavy atom. The molecule has 7 heteroatoms. The van der Waals surface area contributed by atoms with Crippen molar-refractivity contribution in [2.45, 2.75) is 13.8 Å². The Morgan fingerprint density at radius 1 is 1.00 bits per heavy atom. The van der Waals surface area contributed by atoms with E-state index >= 15 is 0 Å². The third-order valence-electron chi connectivity index (χ3n) is 4.68. The summed E-state index contributed by atoms with van der Waals surface area (Å²) in [6, 6.07) is 12.6. The molecule has 0 radical (unpaired) electrons. The number of nitrogens with zero attached hydrogens (tertiary/aromatic N) is 2. The van der Waals surface area contributed by atoms with Gasteiger partial charge in [0.25, 0.3) is 5.56 Å². The Balaban J connectivity index is 2.16. The molecule has 2 heterocycles. The molecule has 0 fully saturated rings. The van der Waals surface area contributed by atoms with Gasteiger partial charge in [-0.3, -0.25) is 9.36 Å². The molecular formula is C21H16Cl2N2O3. The van der Waals surface area contributed by atoms with E-state index in [1.54, 1.807) is 31.3 Å². The quantitative estimate of drug-likeness (QED) is 0.475. The molecule has 0 amide bonds. The normalized spacial score (nSPS) is 11.3. The van der Waals surface area contributed by atoms with E-state index in [-0.39, 0.29) is 5.56 Å². The molecule has 5 nitrogen and oxygen atoms in total. The van der Waals surface area contributed by atoms with E-state index in [1.165, 1.54) is 16.2 Å². The molecule has 0 saturated heterocycles. The molecule has 0 unspecified atom stereocenters. The number of hydrogen-bond donors (Lipinski definition) is 0. The van der Waals surface area contributed by atoms with Crippen LogP contribution in [0, 0.1) is 6.92 Å². The summed E-state index contributed by atoms with van der Waals surface area (Å²) in [4.78, 5) is 30.2. The molecule has 4 aromatic rings. The number of carbonyl (C=O) groups is 1. The van der Waals surface area contributed by atoms with E-state index < -0.39 is 5.97 Å². The van der Waals surface area contributed by atoms with E-state index in [0.29, 0.717) is 32.3 Å². The number of benzene rings is 2. The summed E-state index contributed by atoms with van der Waals surface area (Å²) in [7, 11) is 1.64. The molecule has 0 aliphatic rings. The van der Waals surface area contributed by atoms with Gasteiger partial charge in [0.2, 0.25) is 0 Å². The predicted octanol–water partition coefficient (Wildman–Crippen LogP) is 4.75. The van der Waals surface area contributed by atoms with Crippen LogP contribution in [-0.2, 0) is 11.8 Å². The average Bonchev–Trinajstić information content (AvgIpc) is 2.91. The highest BCUT2D eigenvalue weighted by Crippen LogP contribution is 2.33. The lowest BCUT2D eigenvalue weighted by molar-refractivity contribution is -0.140. The molecule has 2 aromatic heterocycles. The van der Waals surface area contributed by atoms with Crippen LogP contribution in [0.25, 0.3) is 33.1 Å². The summed E-state index contributed by atoms with van der Waals surface area (Å²) >= 11 is 12.3. The number of halogens is 2. The van der Waals surface area contributed by atoms with Crippen LogP contribution in [0.15, 0.2) is 47.3 Å². The maximum atomic E-state index is 13.1. The second-order valence-corrected chi connectivity index (χ2v) is 7.53. The molecule has 4 rings (SSSR count).